The van der Waals surface area contributed by atoms with E-state index in [1.165, 1.54) is 32.1 Å². The third-order valence-electron chi connectivity index (χ3n) is 5.28. The van der Waals surface area contributed by atoms with Crippen LogP contribution in [0.15, 0.2) is 12.1 Å². The van der Waals surface area contributed by atoms with Crippen molar-refractivity contribution in [2.24, 2.45) is 5.92 Å². The van der Waals surface area contributed by atoms with Gasteiger partial charge < -0.3 is 15.2 Å². The molecule has 2 aliphatic rings. The summed E-state index contributed by atoms with van der Waals surface area (Å²) >= 11 is 6.23. The van der Waals surface area contributed by atoms with Crippen LogP contribution in [0.25, 0.3) is 0 Å². The summed E-state index contributed by atoms with van der Waals surface area (Å²) in [6.45, 7) is 3.98. The molecule has 4 nitrogen and oxygen atoms in total. The van der Waals surface area contributed by atoms with Gasteiger partial charge in [0.2, 0.25) is 0 Å². The minimum atomic E-state index is 0. The molecule has 1 aromatic rings. The van der Waals surface area contributed by atoms with Gasteiger partial charge in [0.15, 0.2) is 0 Å². The van der Waals surface area contributed by atoms with E-state index < -0.39 is 0 Å². The molecular formula is C18H29Cl3N2O2. The molecular weight excluding hydrogens is 383 g/mol. The molecule has 3 rings (SSSR count). The molecule has 0 amide bonds. The number of piperazine rings is 1. The predicted molar refractivity (Wildman–Crippen MR) is 108 cm³/mol. The summed E-state index contributed by atoms with van der Waals surface area (Å²) in [5.74, 6) is 1.50. The van der Waals surface area contributed by atoms with Gasteiger partial charge in [-0.2, -0.15) is 0 Å². The van der Waals surface area contributed by atoms with Crippen LogP contribution in [0.3, 0.4) is 0 Å². The quantitative estimate of drug-likeness (QED) is 0.769. The Balaban J connectivity index is 0.00000156. The highest BCUT2D eigenvalue weighted by molar-refractivity contribution is 6.32. The fraction of sp³-hybridized carbons (Fsp3) is 0.667. The first kappa shape index (κ1) is 22.7. The predicted octanol–water partition coefficient (Wildman–Crippen LogP) is 4.42. The summed E-state index contributed by atoms with van der Waals surface area (Å²) in [7, 11) is 1.67. The van der Waals surface area contributed by atoms with Gasteiger partial charge in [0.25, 0.3) is 0 Å². The molecule has 1 saturated heterocycles. The van der Waals surface area contributed by atoms with E-state index in [-0.39, 0.29) is 36.6 Å². The molecule has 0 bridgehead atoms. The summed E-state index contributed by atoms with van der Waals surface area (Å²) in [4.78, 5) is 2.50. The second-order valence-electron chi connectivity index (χ2n) is 6.64. The number of nitrogens with one attached hydrogen (secondary N) is 1. The minimum absolute atomic E-state index is 0. The lowest BCUT2D eigenvalue weighted by Crippen LogP contribution is -2.47. The van der Waals surface area contributed by atoms with Crippen molar-refractivity contribution in [3.05, 3.63) is 22.7 Å². The maximum atomic E-state index is 10.7. The number of phenols is 1. The van der Waals surface area contributed by atoms with Crippen molar-refractivity contribution in [2.75, 3.05) is 33.3 Å². The molecule has 0 radical (unpaired) electrons. The van der Waals surface area contributed by atoms with Crippen molar-refractivity contribution in [3.8, 4) is 11.5 Å². The van der Waals surface area contributed by atoms with Crippen LogP contribution in [0.1, 0.15) is 43.7 Å². The Morgan fingerprint density at radius 2 is 1.80 bits per heavy atom. The van der Waals surface area contributed by atoms with Crippen LogP contribution in [-0.2, 0) is 0 Å². The molecule has 144 valence electrons. The zero-order chi connectivity index (χ0) is 16.2. The number of rotatable bonds is 4. The van der Waals surface area contributed by atoms with Gasteiger partial charge in [-0.15, -0.1) is 24.8 Å². The Morgan fingerprint density at radius 3 is 2.40 bits per heavy atom. The van der Waals surface area contributed by atoms with E-state index in [2.05, 4.69) is 10.2 Å². The molecule has 2 fully saturated rings. The van der Waals surface area contributed by atoms with Gasteiger partial charge in [0.05, 0.1) is 17.7 Å². The normalized spacial score (nSPS) is 20.2. The zero-order valence-electron chi connectivity index (χ0n) is 14.7. The molecule has 7 heteroatoms. The van der Waals surface area contributed by atoms with Crippen LogP contribution >= 0.6 is 36.4 Å². The monoisotopic (exact) mass is 410 g/mol. The number of benzene rings is 1. The van der Waals surface area contributed by atoms with E-state index in [1.807, 2.05) is 6.07 Å². The highest BCUT2D eigenvalue weighted by atomic mass is 35.5. The lowest BCUT2D eigenvalue weighted by Gasteiger charge is -2.41. The first-order valence-corrected chi connectivity index (χ1v) is 9.10. The average Bonchev–Trinajstić information content (AvgIpc) is 2.61. The van der Waals surface area contributed by atoms with E-state index in [4.69, 9.17) is 16.3 Å². The second kappa shape index (κ2) is 10.7. The van der Waals surface area contributed by atoms with Gasteiger partial charge in [-0.1, -0.05) is 30.9 Å². The SMILES string of the molecule is COc1ccc(Cl)c(O)c1[C@@H](C1CCCCC1)N1CCNCC1.Cl.Cl. The lowest BCUT2D eigenvalue weighted by molar-refractivity contribution is 0.0991. The van der Waals surface area contributed by atoms with Crippen molar-refractivity contribution in [2.45, 2.75) is 38.1 Å². The van der Waals surface area contributed by atoms with Crippen LogP contribution in [0.4, 0.5) is 0 Å². The Hall–Kier alpha value is -0.390. The molecule has 1 heterocycles. The van der Waals surface area contributed by atoms with Crippen LogP contribution in [-0.4, -0.2) is 43.3 Å². The number of ether oxygens (including phenoxy) is 1. The molecule has 2 N–H and O–H groups in total. The molecule has 0 aromatic heterocycles. The Kier molecular flexibility index (Phi) is 9.68. The molecule has 0 spiro atoms. The standard InChI is InChI=1S/C18H27ClN2O2.2ClH/c1-23-15-8-7-14(19)18(22)16(15)17(13-5-3-2-4-6-13)21-11-9-20-10-12-21;;/h7-8,13,17,20,22H,2-6,9-12H2,1H3;2*1H/t17-;;/m1../s1. The number of methoxy groups -OCH3 is 1. The molecule has 1 saturated carbocycles. The number of hydrogen-bond acceptors (Lipinski definition) is 4. The van der Waals surface area contributed by atoms with Crippen LogP contribution < -0.4 is 10.1 Å². The van der Waals surface area contributed by atoms with Gasteiger partial charge in [-0.3, -0.25) is 4.90 Å². The molecule has 1 aromatic carbocycles. The lowest BCUT2D eigenvalue weighted by atomic mass is 9.79. The molecule has 1 atom stereocenters. The number of phenolic OH excluding ortho intramolecular Hbond substituents is 1. The zero-order valence-corrected chi connectivity index (χ0v) is 17.1. The third-order valence-corrected chi connectivity index (χ3v) is 5.59. The van der Waals surface area contributed by atoms with E-state index in [0.717, 1.165) is 37.5 Å². The minimum Gasteiger partial charge on any atom is -0.506 e. The van der Waals surface area contributed by atoms with E-state index >= 15 is 0 Å². The van der Waals surface area contributed by atoms with E-state index in [0.29, 0.717) is 10.9 Å². The fourth-order valence-corrected chi connectivity index (χ4v) is 4.32. The van der Waals surface area contributed by atoms with Crippen molar-refractivity contribution in [1.82, 2.24) is 10.2 Å². The highest BCUT2D eigenvalue weighted by Crippen LogP contribution is 2.47. The van der Waals surface area contributed by atoms with Gasteiger partial charge in [0.1, 0.15) is 11.5 Å². The first-order valence-electron chi connectivity index (χ1n) is 8.72. The second-order valence-corrected chi connectivity index (χ2v) is 7.05. The number of nitrogens with zero attached hydrogens (tertiary/aromatic N) is 1. The Labute approximate surface area is 168 Å². The molecule has 0 unspecified atom stereocenters. The fourth-order valence-electron chi connectivity index (χ4n) is 4.15. The summed E-state index contributed by atoms with van der Waals surface area (Å²) < 4.78 is 5.58. The van der Waals surface area contributed by atoms with E-state index in [9.17, 15) is 5.11 Å². The van der Waals surface area contributed by atoms with Crippen molar-refractivity contribution < 1.29 is 9.84 Å². The van der Waals surface area contributed by atoms with Crippen LogP contribution in [0.5, 0.6) is 11.5 Å². The van der Waals surface area contributed by atoms with Gasteiger partial charge in [0, 0.05) is 32.2 Å². The van der Waals surface area contributed by atoms with Crippen LogP contribution in [0, 0.1) is 5.92 Å². The van der Waals surface area contributed by atoms with Gasteiger partial charge in [-0.05, 0) is 30.9 Å². The average molecular weight is 412 g/mol. The summed E-state index contributed by atoms with van der Waals surface area (Å²) in [5, 5.41) is 14.5. The van der Waals surface area contributed by atoms with Crippen molar-refractivity contribution in [3.63, 3.8) is 0 Å². The van der Waals surface area contributed by atoms with Gasteiger partial charge in [-0.25, -0.2) is 0 Å². The summed E-state index contributed by atoms with van der Waals surface area (Å²) in [5.41, 5.74) is 0.883. The Bertz CT molecular complexity index is 515. The van der Waals surface area contributed by atoms with Crippen molar-refractivity contribution >= 4 is 36.4 Å². The number of halogens is 3. The van der Waals surface area contributed by atoms with Gasteiger partial charge >= 0.3 is 0 Å². The van der Waals surface area contributed by atoms with Crippen LogP contribution in [0.2, 0.25) is 5.02 Å². The van der Waals surface area contributed by atoms with E-state index in [1.54, 1.807) is 13.2 Å². The smallest absolute Gasteiger partial charge is 0.142 e. The third kappa shape index (κ3) is 5.08. The van der Waals surface area contributed by atoms with Crippen molar-refractivity contribution in [1.29, 1.82) is 0 Å². The maximum Gasteiger partial charge on any atom is 0.142 e. The number of aromatic hydroxyl groups is 1. The molecule has 1 aliphatic carbocycles. The summed E-state index contributed by atoms with van der Waals surface area (Å²) in [6.07, 6.45) is 6.30. The number of hydrogen-bond donors (Lipinski definition) is 2. The highest BCUT2D eigenvalue weighted by Gasteiger charge is 2.35. The molecule has 1 aliphatic heterocycles. The first-order chi connectivity index (χ1) is 11.2. The topological polar surface area (TPSA) is 44.7 Å². The largest absolute Gasteiger partial charge is 0.506 e. The summed E-state index contributed by atoms with van der Waals surface area (Å²) in [6, 6.07) is 3.79. The molecule has 25 heavy (non-hydrogen) atoms. The Morgan fingerprint density at radius 1 is 1.16 bits per heavy atom. The maximum absolute atomic E-state index is 10.7.